The van der Waals surface area contributed by atoms with Crippen molar-refractivity contribution in [2.75, 3.05) is 0 Å². The normalized spacial score (nSPS) is 26.6. The monoisotopic (exact) mass is 210 g/mol. The molecule has 1 heterocycles. The van der Waals surface area contributed by atoms with Crippen LogP contribution < -0.4 is 5.32 Å². The fourth-order valence-corrected chi connectivity index (χ4v) is 2.27. The summed E-state index contributed by atoms with van der Waals surface area (Å²) >= 11 is 6.17. The minimum Gasteiger partial charge on any atom is -0.308 e. The molecule has 0 bridgehead atoms. The summed E-state index contributed by atoms with van der Waals surface area (Å²) in [7, 11) is 0. The van der Waals surface area contributed by atoms with Crippen molar-refractivity contribution in [2.45, 2.75) is 37.2 Å². The van der Waals surface area contributed by atoms with E-state index in [2.05, 4.69) is 16.4 Å². The van der Waals surface area contributed by atoms with Crippen molar-refractivity contribution >= 4 is 11.6 Å². The van der Waals surface area contributed by atoms with Gasteiger partial charge in [0.15, 0.2) is 0 Å². The Bertz CT molecular complexity index is 276. The summed E-state index contributed by atoms with van der Waals surface area (Å²) in [4.78, 5) is 4.08. The third-order valence-electron chi connectivity index (χ3n) is 2.72. The molecule has 1 aromatic rings. The maximum absolute atomic E-state index is 6.17. The van der Waals surface area contributed by atoms with Gasteiger partial charge in [-0.05, 0) is 24.5 Å². The van der Waals surface area contributed by atoms with Crippen LogP contribution in [0.25, 0.3) is 0 Å². The molecular formula is C11H15ClN2. The number of pyridine rings is 1. The first-order valence-electron chi connectivity index (χ1n) is 5.12. The molecule has 0 spiro atoms. The van der Waals surface area contributed by atoms with Gasteiger partial charge in [-0.1, -0.05) is 12.5 Å². The van der Waals surface area contributed by atoms with Crippen molar-refractivity contribution in [1.29, 1.82) is 0 Å². The highest BCUT2D eigenvalue weighted by atomic mass is 35.5. The number of alkyl halides is 1. The van der Waals surface area contributed by atoms with E-state index in [9.17, 15) is 0 Å². The third kappa shape index (κ3) is 2.46. The smallest absolute Gasteiger partial charge is 0.0489 e. The van der Waals surface area contributed by atoms with Gasteiger partial charge in [0.1, 0.15) is 0 Å². The van der Waals surface area contributed by atoms with Crippen LogP contribution in [0.3, 0.4) is 0 Å². The summed E-state index contributed by atoms with van der Waals surface area (Å²) < 4.78 is 0. The van der Waals surface area contributed by atoms with Crippen molar-refractivity contribution in [3.63, 3.8) is 0 Å². The van der Waals surface area contributed by atoms with E-state index in [1.165, 1.54) is 18.4 Å². The molecule has 2 unspecified atom stereocenters. The molecule has 0 amide bonds. The van der Waals surface area contributed by atoms with Crippen LogP contribution in [0.5, 0.6) is 0 Å². The Morgan fingerprint density at radius 3 is 3.07 bits per heavy atom. The van der Waals surface area contributed by atoms with Crippen molar-refractivity contribution in [3.05, 3.63) is 30.1 Å². The zero-order chi connectivity index (χ0) is 9.80. The molecule has 0 aliphatic heterocycles. The van der Waals surface area contributed by atoms with Gasteiger partial charge < -0.3 is 5.32 Å². The zero-order valence-electron chi connectivity index (χ0n) is 8.12. The summed E-state index contributed by atoms with van der Waals surface area (Å²) in [5.74, 6) is 0. The SMILES string of the molecule is ClC1CCCC1NCc1cccnc1. The van der Waals surface area contributed by atoms with Crippen LogP contribution in [-0.2, 0) is 6.54 Å². The third-order valence-corrected chi connectivity index (χ3v) is 3.25. The molecule has 0 aromatic carbocycles. The summed E-state index contributed by atoms with van der Waals surface area (Å²) in [6.07, 6.45) is 7.29. The Hall–Kier alpha value is -0.600. The first kappa shape index (κ1) is 9.94. The Labute approximate surface area is 89.7 Å². The lowest BCUT2D eigenvalue weighted by Gasteiger charge is -2.15. The molecule has 14 heavy (non-hydrogen) atoms. The van der Waals surface area contributed by atoms with Crippen molar-refractivity contribution in [1.82, 2.24) is 10.3 Å². The van der Waals surface area contributed by atoms with Gasteiger partial charge in [0.05, 0.1) is 0 Å². The standard InChI is InChI=1S/C11H15ClN2/c12-10-4-1-5-11(10)14-8-9-3-2-6-13-7-9/h2-3,6-7,10-11,14H,1,4-5,8H2. The Morgan fingerprint density at radius 2 is 2.43 bits per heavy atom. The van der Waals surface area contributed by atoms with E-state index in [4.69, 9.17) is 11.6 Å². The Kier molecular flexibility index (Phi) is 3.38. The van der Waals surface area contributed by atoms with Crippen LogP contribution in [0, 0.1) is 0 Å². The molecular weight excluding hydrogens is 196 g/mol. The van der Waals surface area contributed by atoms with E-state index in [0.717, 1.165) is 13.0 Å². The van der Waals surface area contributed by atoms with Crippen LogP contribution in [0.2, 0.25) is 0 Å². The van der Waals surface area contributed by atoms with Crippen LogP contribution in [0.4, 0.5) is 0 Å². The van der Waals surface area contributed by atoms with E-state index in [1.807, 2.05) is 12.3 Å². The maximum atomic E-state index is 6.17. The number of nitrogens with zero attached hydrogens (tertiary/aromatic N) is 1. The molecule has 1 fully saturated rings. The minimum atomic E-state index is 0.312. The summed E-state index contributed by atoms with van der Waals surface area (Å²) in [5.41, 5.74) is 1.23. The largest absolute Gasteiger partial charge is 0.308 e. The average molecular weight is 211 g/mol. The molecule has 3 heteroatoms. The molecule has 1 aliphatic rings. The number of rotatable bonds is 3. The van der Waals surface area contributed by atoms with Crippen LogP contribution in [0.15, 0.2) is 24.5 Å². The topological polar surface area (TPSA) is 24.9 Å². The van der Waals surface area contributed by atoms with E-state index in [1.54, 1.807) is 6.20 Å². The van der Waals surface area contributed by atoms with Gasteiger partial charge in [-0.25, -0.2) is 0 Å². The molecule has 2 atom stereocenters. The Morgan fingerprint density at radius 1 is 1.50 bits per heavy atom. The van der Waals surface area contributed by atoms with Crippen LogP contribution in [-0.4, -0.2) is 16.4 Å². The maximum Gasteiger partial charge on any atom is 0.0489 e. The van der Waals surface area contributed by atoms with Crippen molar-refractivity contribution in [3.8, 4) is 0 Å². The summed E-state index contributed by atoms with van der Waals surface area (Å²) in [6, 6.07) is 4.53. The average Bonchev–Trinajstić information content (AvgIpc) is 2.63. The number of halogens is 1. The van der Waals surface area contributed by atoms with E-state index >= 15 is 0 Å². The lowest BCUT2D eigenvalue weighted by atomic mass is 10.2. The fourth-order valence-electron chi connectivity index (χ4n) is 1.90. The van der Waals surface area contributed by atoms with E-state index < -0.39 is 0 Å². The highest BCUT2D eigenvalue weighted by Gasteiger charge is 2.24. The predicted octanol–water partition coefficient (Wildman–Crippen LogP) is 2.33. The van der Waals surface area contributed by atoms with E-state index in [0.29, 0.717) is 11.4 Å². The molecule has 2 rings (SSSR count). The second-order valence-corrected chi connectivity index (χ2v) is 4.36. The number of hydrogen-bond donors (Lipinski definition) is 1. The van der Waals surface area contributed by atoms with Gasteiger partial charge >= 0.3 is 0 Å². The van der Waals surface area contributed by atoms with Gasteiger partial charge in [0.2, 0.25) is 0 Å². The molecule has 2 nitrogen and oxygen atoms in total. The summed E-state index contributed by atoms with van der Waals surface area (Å²) in [6.45, 7) is 0.877. The zero-order valence-corrected chi connectivity index (χ0v) is 8.87. The molecule has 1 N–H and O–H groups in total. The summed E-state index contributed by atoms with van der Waals surface area (Å²) in [5, 5.41) is 3.79. The predicted molar refractivity (Wildman–Crippen MR) is 58.4 cm³/mol. The lowest BCUT2D eigenvalue weighted by Crippen LogP contribution is -2.32. The quantitative estimate of drug-likeness (QED) is 0.775. The lowest BCUT2D eigenvalue weighted by molar-refractivity contribution is 0.528. The van der Waals surface area contributed by atoms with Crippen LogP contribution in [0.1, 0.15) is 24.8 Å². The van der Waals surface area contributed by atoms with Gasteiger partial charge in [-0.15, -0.1) is 11.6 Å². The highest BCUT2D eigenvalue weighted by Crippen LogP contribution is 2.24. The van der Waals surface area contributed by atoms with Crippen LogP contribution >= 0.6 is 11.6 Å². The highest BCUT2D eigenvalue weighted by molar-refractivity contribution is 6.21. The van der Waals surface area contributed by atoms with Crippen molar-refractivity contribution < 1.29 is 0 Å². The molecule has 1 aromatic heterocycles. The first-order valence-corrected chi connectivity index (χ1v) is 5.56. The van der Waals surface area contributed by atoms with Gasteiger partial charge in [0.25, 0.3) is 0 Å². The Balaban J connectivity index is 1.82. The number of nitrogens with one attached hydrogen (secondary N) is 1. The molecule has 1 aliphatic carbocycles. The first-order chi connectivity index (χ1) is 6.86. The van der Waals surface area contributed by atoms with Crippen molar-refractivity contribution in [2.24, 2.45) is 0 Å². The number of hydrogen-bond acceptors (Lipinski definition) is 2. The molecule has 0 radical (unpaired) electrons. The number of aromatic nitrogens is 1. The van der Waals surface area contributed by atoms with Gasteiger partial charge in [-0.2, -0.15) is 0 Å². The van der Waals surface area contributed by atoms with Gasteiger partial charge in [-0.3, -0.25) is 4.98 Å². The van der Waals surface area contributed by atoms with E-state index in [-0.39, 0.29) is 0 Å². The van der Waals surface area contributed by atoms with Gasteiger partial charge in [0, 0.05) is 30.4 Å². The minimum absolute atomic E-state index is 0.312. The fraction of sp³-hybridized carbons (Fsp3) is 0.545. The second-order valence-electron chi connectivity index (χ2n) is 3.80. The molecule has 1 saturated carbocycles. The second kappa shape index (κ2) is 4.76. The molecule has 0 saturated heterocycles. The molecule has 76 valence electrons.